The lowest BCUT2D eigenvalue weighted by atomic mass is 10.2. The van der Waals surface area contributed by atoms with Crippen molar-refractivity contribution in [3.05, 3.63) is 24.4 Å². The third-order valence-electron chi connectivity index (χ3n) is 3.38. The van der Waals surface area contributed by atoms with Crippen molar-refractivity contribution in [2.24, 2.45) is 0 Å². The summed E-state index contributed by atoms with van der Waals surface area (Å²) in [4.78, 5) is 6.72. The van der Waals surface area contributed by atoms with Gasteiger partial charge in [-0.15, -0.1) is 0 Å². The van der Waals surface area contributed by atoms with Gasteiger partial charge in [-0.2, -0.15) is 0 Å². The predicted octanol–water partition coefficient (Wildman–Crippen LogP) is 2.37. The van der Waals surface area contributed by atoms with Crippen molar-refractivity contribution >= 4 is 5.82 Å². The summed E-state index contributed by atoms with van der Waals surface area (Å²) in [6, 6.07) is 6.77. The van der Waals surface area contributed by atoms with Crippen LogP contribution in [-0.2, 0) is 0 Å². The van der Waals surface area contributed by atoms with Crippen LogP contribution in [0.25, 0.3) is 0 Å². The Morgan fingerprint density at radius 1 is 1.38 bits per heavy atom. The maximum absolute atomic E-state index is 4.24. The Labute approximate surface area is 97.9 Å². The molecule has 2 rings (SSSR count). The molecule has 3 nitrogen and oxygen atoms in total. The summed E-state index contributed by atoms with van der Waals surface area (Å²) in [5.41, 5.74) is 0. The Kier molecular flexibility index (Phi) is 4.17. The number of nitrogens with zero attached hydrogens (tertiary/aromatic N) is 2. The molecule has 0 aliphatic heterocycles. The Balaban J connectivity index is 1.67. The summed E-state index contributed by atoms with van der Waals surface area (Å²) in [5.74, 6) is 0.974. The third-order valence-corrected chi connectivity index (χ3v) is 3.38. The van der Waals surface area contributed by atoms with Crippen LogP contribution in [0.3, 0.4) is 0 Å². The number of aromatic nitrogens is 1. The number of anilines is 1. The molecule has 0 saturated heterocycles. The summed E-state index contributed by atoms with van der Waals surface area (Å²) in [7, 11) is 2.23. The SMILES string of the molecule is CN(CCNc1ccccn1)C1CCCC1. The van der Waals surface area contributed by atoms with E-state index >= 15 is 0 Å². The molecule has 1 aromatic rings. The van der Waals surface area contributed by atoms with Crippen LogP contribution in [0, 0.1) is 0 Å². The van der Waals surface area contributed by atoms with E-state index in [9.17, 15) is 0 Å². The van der Waals surface area contributed by atoms with E-state index in [2.05, 4.69) is 22.2 Å². The van der Waals surface area contributed by atoms with Crippen LogP contribution in [0.5, 0.6) is 0 Å². The van der Waals surface area contributed by atoms with Gasteiger partial charge in [0.05, 0.1) is 0 Å². The van der Waals surface area contributed by atoms with E-state index in [1.807, 2.05) is 24.4 Å². The molecule has 1 fully saturated rings. The van der Waals surface area contributed by atoms with Crippen LogP contribution in [0.2, 0.25) is 0 Å². The molecule has 1 aromatic heterocycles. The van der Waals surface area contributed by atoms with Crippen molar-refractivity contribution in [1.82, 2.24) is 9.88 Å². The highest BCUT2D eigenvalue weighted by Crippen LogP contribution is 2.21. The molecule has 1 aliphatic rings. The van der Waals surface area contributed by atoms with Gasteiger partial charge >= 0.3 is 0 Å². The topological polar surface area (TPSA) is 28.2 Å². The highest BCUT2D eigenvalue weighted by atomic mass is 15.1. The van der Waals surface area contributed by atoms with Gasteiger partial charge in [-0.05, 0) is 32.0 Å². The average molecular weight is 219 g/mol. The Morgan fingerprint density at radius 3 is 2.88 bits per heavy atom. The summed E-state index contributed by atoms with van der Waals surface area (Å²) in [5, 5.41) is 3.35. The van der Waals surface area contributed by atoms with E-state index in [4.69, 9.17) is 0 Å². The zero-order valence-corrected chi connectivity index (χ0v) is 10.0. The summed E-state index contributed by atoms with van der Waals surface area (Å²) >= 11 is 0. The molecule has 1 N–H and O–H groups in total. The second-order valence-electron chi connectivity index (χ2n) is 4.56. The Bertz CT molecular complexity index is 293. The number of likely N-dealkylation sites (N-methyl/N-ethyl adjacent to an activating group) is 1. The molecular formula is C13H21N3. The normalized spacial score (nSPS) is 16.9. The van der Waals surface area contributed by atoms with Crippen LogP contribution in [0.4, 0.5) is 5.82 Å². The maximum atomic E-state index is 4.24. The van der Waals surface area contributed by atoms with Gasteiger partial charge in [0.1, 0.15) is 5.82 Å². The van der Waals surface area contributed by atoms with Crippen LogP contribution in [-0.4, -0.2) is 36.1 Å². The highest BCUT2D eigenvalue weighted by molar-refractivity contribution is 5.32. The minimum Gasteiger partial charge on any atom is -0.369 e. The lowest BCUT2D eigenvalue weighted by Crippen LogP contribution is -2.33. The maximum Gasteiger partial charge on any atom is 0.125 e. The van der Waals surface area contributed by atoms with Crippen LogP contribution in [0.15, 0.2) is 24.4 Å². The molecule has 0 bridgehead atoms. The average Bonchev–Trinajstić information content (AvgIpc) is 2.84. The molecular weight excluding hydrogens is 198 g/mol. The summed E-state index contributed by atoms with van der Waals surface area (Å²) in [6.45, 7) is 2.07. The minimum atomic E-state index is 0.811. The van der Waals surface area contributed by atoms with Crippen molar-refractivity contribution in [1.29, 1.82) is 0 Å². The van der Waals surface area contributed by atoms with Crippen molar-refractivity contribution in [3.8, 4) is 0 Å². The molecule has 0 unspecified atom stereocenters. The first-order valence-electron chi connectivity index (χ1n) is 6.21. The fraction of sp³-hybridized carbons (Fsp3) is 0.615. The molecule has 3 heteroatoms. The van der Waals surface area contributed by atoms with Gasteiger partial charge in [0.25, 0.3) is 0 Å². The molecule has 1 heterocycles. The monoisotopic (exact) mass is 219 g/mol. The van der Waals surface area contributed by atoms with E-state index in [1.54, 1.807) is 0 Å². The van der Waals surface area contributed by atoms with Gasteiger partial charge in [-0.25, -0.2) is 4.98 Å². The number of nitrogens with one attached hydrogen (secondary N) is 1. The van der Waals surface area contributed by atoms with Crippen molar-refractivity contribution < 1.29 is 0 Å². The number of hydrogen-bond acceptors (Lipinski definition) is 3. The van der Waals surface area contributed by atoms with Gasteiger partial charge in [0.15, 0.2) is 0 Å². The van der Waals surface area contributed by atoms with Crippen LogP contribution < -0.4 is 5.32 Å². The van der Waals surface area contributed by atoms with Crippen LogP contribution in [0.1, 0.15) is 25.7 Å². The lowest BCUT2D eigenvalue weighted by Gasteiger charge is -2.23. The van der Waals surface area contributed by atoms with E-state index in [0.29, 0.717) is 0 Å². The van der Waals surface area contributed by atoms with Gasteiger partial charge in [0.2, 0.25) is 0 Å². The third kappa shape index (κ3) is 3.20. The highest BCUT2D eigenvalue weighted by Gasteiger charge is 2.18. The zero-order chi connectivity index (χ0) is 11.2. The fourth-order valence-electron chi connectivity index (χ4n) is 2.36. The number of hydrogen-bond donors (Lipinski definition) is 1. The standard InChI is InChI=1S/C13H21N3/c1-16(12-6-2-3-7-12)11-10-15-13-8-4-5-9-14-13/h4-5,8-9,12H,2-3,6-7,10-11H2,1H3,(H,14,15). The summed E-state index contributed by atoms with van der Waals surface area (Å²) in [6.07, 6.45) is 7.38. The molecule has 88 valence electrons. The zero-order valence-electron chi connectivity index (χ0n) is 10.0. The quantitative estimate of drug-likeness (QED) is 0.824. The van der Waals surface area contributed by atoms with Crippen molar-refractivity contribution in [2.45, 2.75) is 31.7 Å². The largest absolute Gasteiger partial charge is 0.369 e. The Morgan fingerprint density at radius 2 is 2.19 bits per heavy atom. The molecule has 0 spiro atoms. The molecule has 1 aliphatic carbocycles. The lowest BCUT2D eigenvalue weighted by molar-refractivity contribution is 0.254. The van der Waals surface area contributed by atoms with E-state index in [-0.39, 0.29) is 0 Å². The summed E-state index contributed by atoms with van der Waals surface area (Å²) < 4.78 is 0. The van der Waals surface area contributed by atoms with Crippen molar-refractivity contribution in [3.63, 3.8) is 0 Å². The fourth-order valence-corrected chi connectivity index (χ4v) is 2.36. The van der Waals surface area contributed by atoms with Gasteiger partial charge in [-0.1, -0.05) is 18.9 Å². The first-order chi connectivity index (χ1) is 7.86. The van der Waals surface area contributed by atoms with Crippen LogP contribution >= 0.6 is 0 Å². The van der Waals surface area contributed by atoms with Gasteiger partial charge in [-0.3, -0.25) is 0 Å². The molecule has 0 radical (unpaired) electrons. The molecule has 0 aromatic carbocycles. The van der Waals surface area contributed by atoms with E-state index < -0.39 is 0 Å². The minimum absolute atomic E-state index is 0.811. The number of pyridine rings is 1. The van der Waals surface area contributed by atoms with E-state index in [0.717, 1.165) is 24.9 Å². The van der Waals surface area contributed by atoms with E-state index in [1.165, 1.54) is 25.7 Å². The smallest absolute Gasteiger partial charge is 0.125 e. The number of rotatable bonds is 5. The first-order valence-corrected chi connectivity index (χ1v) is 6.21. The second kappa shape index (κ2) is 5.85. The molecule has 16 heavy (non-hydrogen) atoms. The molecule has 0 atom stereocenters. The Hall–Kier alpha value is -1.09. The molecule has 0 amide bonds. The van der Waals surface area contributed by atoms with Crippen molar-refractivity contribution in [2.75, 3.05) is 25.5 Å². The molecule has 1 saturated carbocycles. The van der Waals surface area contributed by atoms with Gasteiger partial charge < -0.3 is 10.2 Å². The second-order valence-corrected chi connectivity index (χ2v) is 4.56. The first kappa shape index (κ1) is 11.4. The van der Waals surface area contributed by atoms with Gasteiger partial charge in [0, 0.05) is 25.3 Å². The predicted molar refractivity (Wildman–Crippen MR) is 67.6 cm³/mol.